The zero-order valence-corrected chi connectivity index (χ0v) is 15.2. The molecule has 2 aromatic carbocycles. The Morgan fingerprint density at radius 2 is 1.77 bits per heavy atom. The summed E-state index contributed by atoms with van der Waals surface area (Å²) in [6, 6.07) is 17.1. The van der Waals surface area contributed by atoms with Crippen LogP contribution < -0.4 is 5.73 Å². The third-order valence-electron chi connectivity index (χ3n) is 4.69. The summed E-state index contributed by atoms with van der Waals surface area (Å²) < 4.78 is 0. The van der Waals surface area contributed by atoms with Gasteiger partial charge in [0.15, 0.2) is 0 Å². The Hall–Kier alpha value is -2.21. The quantitative estimate of drug-likeness (QED) is 0.609. The Labute approximate surface area is 155 Å². The standard InChI is InChI=1S/C21H28N2O3/c1-16(7-8-17-9-11-19(12-10-17)21(22)26)23(13-14-24)15-20(25)18-5-3-2-4-6-18/h2-6,9-12,16,20,24-25H,7-8,13-15H2,1H3,(H2,22,26)/t16-,20+/m1/s1. The van der Waals surface area contributed by atoms with Gasteiger partial charge in [-0.25, -0.2) is 0 Å². The number of carbonyl (C=O) groups is 1. The SMILES string of the molecule is C[C@H](CCc1ccc(C(N)=O)cc1)N(CCO)C[C@H](O)c1ccccc1. The Morgan fingerprint density at radius 3 is 2.35 bits per heavy atom. The van der Waals surface area contributed by atoms with Crippen LogP contribution in [0.1, 0.15) is 40.9 Å². The molecule has 0 fully saturated rings. The van der Waals surface area contributed by atoms with E-state index in [0.29, 0.717) is 18.7 Å². The molecular weight excluding hydrogens is 328 g/mol. The highest BCUT2D eigenvalue weighted by atomic mass is 16.3. The van der Waals surface area contributed by atoms with Crippen LogP contribution in [-0.2, 0) is 6.42 Å². The van der Waals surface area contributed by atoms with Crippen molar-refractivity contribution >= 4 is 5.91 Å². The lowest BCUT2D eigenvalue weighted by Crippen LogP contribution is -2.38. The average Bonchev–Trinajstić information content (AvgIpc) is 2.66. The summed E-state index contributed by atoms with van der Waals surface area (Å²) >= 11 is 0. The molecule has 2 rings (SSSR count). The van der Waals surface area contributed by atoms with Gasteiger partial charge >= 0.3 is 0 Å². The number of aliphatic hydroxyl groups excluding tert-OH is 2. The number of primary amides is 1. The van der Waals surface area contributed by atoms with E-state index in [2.05, 4.69) is 11.8 Å². The van der Waals surface area contributed by atoms with E-state index in [9.17, 15) is 15.0 Å². The van der Waals surface area contributed by atoms with Gasteiger partial charge in [0.05, 0.1) is 12.7 Å². The molecule has 0 spiro atoms. The summed E-state index contributed by atoms with van der Waals surface area (Å²) in [4.78, 5) is 13.2. The van der Waals surface area contributed by atoms with Crippen molar-refractivity contribution < 1.29 is 15.0 Å². The first-order chi connectivity index (χ1) is 12.5. The maximum Gasteiger partial charge on any atom is 0.248 e. The third-order valence-corrected chi connectivity index (χ3v) is 4.69. The fourth-order valence-corrected chi connectivity index (χ4v) is 3.02. The number of carbonyl (C=O) groups excluding carboxylic acids is 1. The summed E-state index contributed by atoms with van der Waals surface area (Å²) in [6.45, 7) is 3.16. The van der Waals surface area contributed by atoms with Crippen molar-refractivity contribution in [2.75, 3.05) is 19.7 Å². The zero-order chi connectivity index (χ0) is 18.9. The number of amides is 1. The molecule has 4 N–H and O–H groups in total. The lowest BCUT2D eigenvalue weighted by atomic mass is 10.0. The van der Waals surface area contributed by atoms with Gasteiger partial charge in [-0.3, -0.25) is 9.69 Å². The van der Waals surface area contributed by atoms with Crippen LogP contribution in [0.2, 0.25) is 0 Å². The van der Waals surface area contributed by atoms with E-state index in [1.165, 1.54) is 0 Å². The first-order valence-corrected chi connectivity index (χ1v) is 8.98. The van der Waals surface area contributed by atoms with Crippen molar-refractivity contribution in [2.45, 2.75) is 31.9 Å². The maximum absolute atomic E-state index is 11.1. The topological polar surface area (TPSA) is 86.8 Å². The monoisotopic (exact) mass is 356 g/mol. The van der Waals surface area contributed by atoms with E-state index in [1.807, 2.05) is 42.5 Å². The molecule has 0 aliphatic rings. The van der Waals surface area contributed by atoms with Gasteiger partial charge in [0, 0.05) is 24.7 Å². The van der Waals surface area contributed by atoms with Gasteiger partial charge in [-0.05, 0) is 43.0 Å². The molecule has 2 aromatic rings. The van der Waals surface area contributed by atoms with Crippen LogP contribution in [0.4, 0.5) is 0 Å². The Bertz CT molecular complexity index is 673. The molecule has 0 aliphatic heterocycles. The molecule has 0 saturated heterocycles. The van der Waals surface area contributed by atoms with E-state index >= 15 is 0 Å². The molecule has 0 aromatic heterocycles. The van der Waals surface area contributed by atoms with Crippen LogP contribution in [0.5, 0.6) is 0 Å². The van der Waals surface area contributed by atoms with Crippen LogP contribution in [0.3, 0.4) is 0 Å². The van der Waals surface area contributed by atoms with Gasteiger partial charge in [0.25, 0.3) is 0 Å². The molecule has 0 aliphatic carbocycles. The Morgan fingerprint density at radius 1 is 1.12 bits per heavy atom. The highest BCUT2D eigenvalue weighted by Gasteiger charge is 2.18. The van der Waals surface area contributed by atoms with E-state index in [1.54, 1.807) is 12.1 Å². The average molecular weight is 356 g/mol. The molecule has 26 heavy (non-hydrogen) atoms. The summed E-state index contributed by atoms with van der Waals surface area (Å²) in [5, 5.41) is 19.8. The number of aliphatic hydroxyl groups is 2. The van der Waals surface area contributed by atoms with Crippen LogP contribution in [0.15, 0.2) is 54.6 Å². The Kier molecular flexibility index (Phi) is 7.78. The summed E-state index contributed by atoms with van der Waals surface area (Å²) in [5.74, 6) is -0.422. The van der Waals surface area contributed by atoms with Crippen molar-refractivity contribution in [1.29, 1.82) is 0 Å². The summed E-state index contributed by atoms with van der Waals surface area (Å²) in [5.41, 5.74) is 7.78. The van der Waals surface area contributed by atoms with Gasteiger partial charge in [0.1, 0.15) is 0 Å². The van der Waals surface area contributed by atoms with Crippen molar-refractivity contribution in [3.05, 3.63) is 71.3 Å². The minimum atomic E-state index is -0.583. The summed E-state index contributed by atoms with van der Waals surface area (Å²) in [6.07, 6.45) is 1.15. The second kappa shape index (κ2) is 10.1. The van der Waals surface area contributed by atoms with Crippen molar-refractivity contribution in [3.63, 3.8) is 0 Å². The normalized spacial score (nSPS) is 13.5. The number of rotatable bonds is 10. The second-order valence-corrected chi connectivity index (χ2v) is 6.59. The van der Waals surface area contributed by atoms with Gasteiger partial charge in [-0.1, -0.05) is 42.5 Å². The molecule has 2 atom stereocenters. The van der Waals surface area contributed by atoms with Crippen molar-refractivity contribution in [2.24, 2.45) is 5.73 Å². The predicted octanol–water partition coefficient (Wildman–Crippen LogP) is 2.13. The van der Waals surface area contributed by atoms with Crippen LogP contribution in [-0.4, -0.2) is 46.8 Å². The van der Waals surface area contributed by atoms with Crippen molar-refractivity contribution in [1.82, 2.24) is 4.90 Å². The zero-order valence-electron chi connectivity index (χ0n) is 15.2. The number of benzene rings is 2. The second-order valence-electron chi connectivity index (χ2n) is 6.59. The maximum atomic E-state index is 11.1. The Balaban J connectivity index is 1.92. The molecule has 0 heterocycles. The minimum Gasteiger partial charge on any atom is -0.395 e. The molecule has 1 amide bonds. The van der Waals surface area contributed by atoms with Crippen LogP contribution in [0, 0.1) is 0 Å². The van der Waals surface area contributed by atoms with E-state index < -0.39 is 12.0 Å². The molecule has 5 heteroatoms. The number of nitrogens with zero attached hydrogens (tertiary/aromatic N) is 1. The molecule has 5 nitrogen and oxygen atoms in total. The third kappa shape index (κ3) is 5.95. The van der Waals surface area contributed by atoms with E-state index in [0.717, 1.165) is 24.0 Å². The molecular formula is C21H28N2O3. The first-order valence-electron chi connectivity index (χ1n) is 8.98. The van der Waals surface area contributed by atoms with Gasteiger partial charge < -0.3 is 15.9 Å². The summed E-state index contributed by atoms with van der Waals surface area (Å²) in [7, 11) is 0. The van der Waals surface area contributed by atoms with E-state index in [-0.39, 0.29) is 12.6 Å². The van der Waals surface area contributed by atoms with Crippen molar-refractivity contribution in [3.8, 4) is 0 Å². The van der Waals surface area contributed by atoms with Gasteiger partial charge in [0.2, 0.25) is 5.91 Å². The molecule has 140 valence electrons. The number of hydrogen-bond acceptors (Lipinski definition) is 4. The number of hydrogen-bond donors (Lipinski definition) is 3. The number of nitrogens with two attached hydrogens (primary N) is 1. The van der Waals surface area contributed by atoms with E-state index in [4.69, 9.17) is 5.73 Å². The fourth-order valence-electron chi connectivity index (χ4n) is 3.02. The molecule has 0 saturated carbocycles. The highest BCUT2D eigenvalue weighted by molar-refractivity contribution is 5.92. The number of aryl methyl sites for hydroxylation is 1. The molecule has 0 unspecified atom stereocenters. The fraction of sp³-hybridized carbons (Fsp3) is 0.381. The predicted molar refractivity (Wildman–Crippen MR) is 103 cm³/mol. The molecule has 0 radical (unpaired) electrons. The largest absolute Gasteiger partial charge is 0.395 e. The smallest absolute Gasteiger partial charge is 0.248 e. The first kappa shape index (κ1) is 20.1. The minimum absolute atomic E-state index is 0.0547. The van der Waals surface area contributed by atoms with Crippen LogP contribution in [0.25, 0.3) is 0 Å². The highest BCUT2D eigenvalue weighted by Crippen LogP contribution is 2.17. The molecule has 0 bridgehead atoms. The van der Waals surface area contributed by atoms with Gasteiger partial charge in [-0.15, -0.1) is 0 Å². The lowest BCUT2D eigenvalue weighted by molar-refractivity contribution is 0.0749. The van der Waals surface area contributed by atoms with Crippen LogP contribution >= 0.6 is 0 Å². The lowest BCUT2D eigenvalue weighted by Gasteiger charge is -2.30. The van der Waals surface area contributed by atoms with Gasteiger partial charge in [-0.2, -0.15) is 0 Å².